The fourth-order valence-electron chi connectivity index (χ4n) is 2.18. The van der Waals surface area contributed by atoms with Crippen LogP contribution >= 0.6 is 11.3 Å². The number of hydrogen-bond acceptors (Lipinski definition) is 2. The highest BCUT2D eigenvalue weighted by Gasteiger charge is 2.31. The summed E-state index contributed by atoms with van der Waals surface area (Å²) in [6, 6.07) is 8.15. The third-order valence-corrected chi connectivity index (χ3v) is 4.11. The molecule has 0 aliphatic heterocycles. The second-order valence-corrected chi connectivity index (χ2v) is 5.86. The molecule has 0 fully saturated rings. The monoisotopic (exact) mass is 327 g/mol. The van der Waals surface area contributed by atoms with Gasteiger partial charge >= 0.3 is 6.18 Å². The zero-order valence-corrected chi connectivity index (χ0v) is 12.8. The van der Waals surface area contributed by atoms with E-state index < -0.39 is 17.8 Å². The van der Waals surface area contributed by atoms with Crippen LogP contribution in [0.15, 0.2) is 41.8 Å². The third kappa shape index (κ3) is 4.10. The van der Waals surface area contributed by atoms with Gasteiger partial charge in [-0.1, -0.05) is 31.5 Å². The number of alkyl halides is 3. The Labute approximate surface area is 131 Å². The van der Waals surface area contributed by atoms with Crippen molar-refractivity contribution in [3.8, 4) is 0 Å². The second-order valence-electron chi connectivity index (χ2n) is 4.92. The number of rotatable bonds is 5. The van der Waals surface area contributed by atoms with Crippen LogP contribution in [0.4, 0.5) is 13.2 Å². The Hall–Kier alpha value is -1.82. The van der Waals surface area contributed by atoms with Gasteiger partial charge in [0.05, 0.1) is 16.5 Å². The van der Waals surface area contributed by atoms with Gasteiger partial charge in [-0.15, -0.1) is 11.3 Å². The molecular formula is C16H16F3NOS. The SMILES string of the molecule is CCCC(NC(=O)c1cccs1)c1cccc(C(F)(F)F)c1. The molecule has 0 spiro atoms. The van der Waals surface area contributed by atoms with E-state index in [2.05, 4.69) is 5.32 Å². The number of carbonyl (C=O) groups excluding carboxylic acids is 1. The normalized spacial score (nSPS) is 12.9. The summed E-state index contributed by atoms with van der Waals surface area (Å²) < 4.78 is 38.5. The maximum atomic E-state index is 12.8. The van der Waals surface area contributed by atoms with E-state index in [1.54, 1.807) is 23.6 Å². The van der Waals surface area contributed by atoms with Crippen molar-refractivity contribution >= 4 is 17.2 Å². The van der Waals surface area contributed by atoms with E-state index in [1.807, 2.05) is 6.92 Å². The molecular weight excluding hydrogens is 311 g/mol. The molecule has 118 valence electrons. The molecule has 0 aliphatic carbocycles. The molecule has 2 aromatic rings. The predicted octanol–water partition coefficient (Wildman–Crippen LogP) is 5.04. The highest BCUT2D eigenvalue weighted by molar-refractivity contribution is 7.12. The van der Waals surface area contributed by atoms with Crippen molar-refractivity contribution < 1.29 is 18.0 Å². The first kappa shape index (κ1) is 16.5. The van der Waals surface area contributed by atoms with Crippen LogP contribution in [0.1, 0.15) is 46.6 Å². The van der Waals surface area contributed by atoms with Gasteiger partial charge in [0.1, 0.15) is 0 Å². The summed E-state index contributed by atoms with van der Waals surface area (Å²) in [5, 5.41) is 4.61. The lowest BCUT2D eigenvalue weighted by molar-refractivity contribution is -0.137. The topological polar surface area (TPSA) is 29.1 Å². The van der Waals surface area contributed by atoms with E-state index in [4.69, 9.17) is 0 Å². The molecule has 0 bridgehead atoms. The van der Waals surface area contributed by atoms with Crippen LogP contribution in [-0.2, 0) is 6.18 Å². The second kappa shape index (κ2) is 6.96. The smallest absolute Gasteiger partial charge is 0.345 e. The highest BCUT2D eigenvalue weighted by atomic mass is 32.1. The summed E-state index contributed by atoms with van der Waals surface area (Å²) in [4.78, 5) is 12.7. The van der Waals surface area contributed by atoms with E-state index in [0.717, 1.165) is 18.6 Å². The zero-order valence-electron chi connectivity index (χ0n) is 12.0. The van der Waals surface area contributed by atoms with Crippen LogP contribution < -0.4 is 5.32 Å². The van der Waals surface area contributed by atoms with Gasteiger partial charge in [0, 0.05) is 0 Å². The van der Waals surface area contributed by atoms with Crippen molar-refractivity contribution in [2.24, 2.45) is 0 Å². The molecule has 0 saturated carbocycles. The summed E-state index contributed by atoms with van der Waals surface area (Å²) in [6.45, 7) is 1.93. The van der Waals surface area contributed by atoms with E-state index in [9.17, 15) is 18.0 Å². The van der Waals surface area contributed by atoms with Gasteiger partial charge in [-0.3, -0.25) is 4.79 Å². The fourth-order valence-corrected chi connectivity index (χ4v) is 2.81. The number of thiophene rings is 1. The Morgan fingerprint density at radius 2 is 2.05 bits per heavy atom. The number of halogens is 3. The average Bonchev–Trinajstić information content (AvgIpc) is 3.00. The molecule has 2 nitrogen and oxygen atoms in total. The van der Waals surface area contributed by atoms with Gasteiger partial charge in [0.25, 0.3) is 5.91 Å². The fraction of sp³-hybridized carbons (Fsp3) is 0.312. The molecule has 0 aliphatic rings. The first-order chi connectivity index (χ1) is 10.4. The molecule has 0 radical (unpaired) electrons. The third-order valence-electron chi connectivity index (χ3n) is 3.24. The van der Waals surface area contributed by atoms with Crippen molar-refractivity contribution in [2.45, 2.75) is 32.0 Å². The maximum absolute atomic E-state index is 12.8. The van der Waals surface area contributed by atoms with Crippen molar-refractivity contribution in [1.29, 1.82) is 0 Å². The Balaban J connectivity index is 2.22. The van der Waals surface area contributed by atoms with E-state index in [0.29, 0.717) is 16.9 Å². The Morgan fingerprint density at radius 1 is 1.27 bits per heavy atom. The molecule has 0 saturated heterocycles. The lowest BCUT2D eigenvalue weighted by atomic mass is 10.00. The van der Waals surface area contributed by atoms with Crippen LogP contribution in [0, 0.1) is 0 Å². The van der Waals surface area contributed by atoms with Crippen LogP contribution in [0.3, 0.4) is 0 Å². The number of hydrogen-bond donors (Lipinski definition) is 1. The predicted molar refractivity (Wildman–Crippen MR) is 80.9 cm³/mol. The Kier molecular flexibility index (Phi) is 5.24. The van der Waals surface area contributed by atoms with Gasteiger partial charge in [-0.05, 0) is 35.6 Å². The Bertz CT molecular complexity index is 623. The number of benzene rings is 1. The van der Waals surface area contributed by atoms with Gasteiger partial charge < -0.3 is 5.32 Å². The van der Waals surface area contributed by atoms with Crippen LogP contribution in [0.5, 0.6) is 0 Å². The zero-order chi connectivity index (χ0) is 16.2. The molecule has 1 aromatic heterocycles. The quantitative estimate of drug-likeness (QED) is 0.819. The largest absolute Gasteiger partial charge is 0.416 e. The molecule has 22 heavy (non-hydrogen) atoms. The van der Waals surface area contributed by atoms with Crippen molar-refractivity contribution in [1.82, 2.24) is 5.32 Å². The first-order valence-corrected chi connectivity index (χ1v) is 7.81. The summed E-state index contributed by atoms with van der Waals surface area (Å²) in [5.41, 5.74) is -0.224. The van der Waals surface area contributed by atoms with Gasteiger partial charge in [-0.2, -0.15) is 13.2 Å². The van der Waals surface area contributed by atoms with Gasteiger partial charge in [0.15, 0.2) is 0 Å². The van der Waals surface area contributed by atoms with E-state index in [1.165, 1.54) is 17.4 Å². The molecule has 6 heteroatoms. The van der Waals surface area contributed by atoms with Crippen LogP contribution in [0.2, 0.25) is 0 Å². The van der Waals surface area contributed by atoms with Gasteiger partial charge in [0.2, 0.25) is 0 Å². The molecule has 1 heterocycles. The minimum Gasteiger partial charge on any atom is -0.345 e. The van der Waals surface area contributed by atoms with E-state index in [-0.39, 0.29) is 5.91 Å². The highest BCUT2D eigenvalue weighted by Crippen LogP contribution is 2.31. The lowest BCUT2D eigenvalue weighted by Crippen LogP contribution is -2.28. The molecule has 1 amide bonds. The maximum Gasteiger partial charge on any atom is 0.416 e. The number of carbonyl (C=O) groups is 1. The molecule has 1 unspecified atom stereocenters. The van der Waals surface area contributed by atoms with Gasteiger partial charge in [-0.25, -0.2) is 0 Å². The van der Waals surface area contributed by atoms with Crippen molar-refractivity contribution in [2.75, 3.05) is 0 Å². The summed E-state index contributed by atoms with van der Waals surface area (Å²) in [6.07, 6.45) is -3.05. The van der Waals surface area contributed by atoms with Crippen LogP contribution in [0.25, 0.3) is 0 Å². The minimum absolute atomic E-state index is 0.258. The average molecular weight is 327 g/mol. The summed E-state index contributed by atoms with van der Waals surface area (Å²) in [5.74, 6) is -0.258. The summed E-state index contributed by atoms with van der Waals surface area (Å²) >= 11 is 1.30. The number of nitrogens with one attached hydrogen (secondary N) is 1. The standard InChI is InChI=1S/C16H16F3NOS/c1-2-5-13(20-15(21)14-8-4-9-22-14)11-6-3-7-12(10-11)16(17,18)19/h3-4,6-10,13H,2,5H2,1H3,(H,20,21). The Morgan fingerprint density at radius 3 is 2.64 bits per heavy atom. The minimum atomic E-state index is -4.38. The van der Waals surface area contributed by atoms with Crippen LogP contribution in [-0.4, -0.2) is 5.91 Å². The van der Waals surface area contributed by atoms with E-state index >= 15 is 0 Å². The number of amides is 1. The van der Waals surface area contributed by atoms with Crippen molar-refractivity contribution in [3.63, 3.8) is 0 Å². The van der Waals surface area contributed by atoms with Crippen molar-refractivity contribution in [3.05, 3.63) is 57.8 Å². The molecule has 1 atom stereocenters. The first-order valence-electron chi connectivity index (χ1n) is 6.93. The molecule has 1 aromatic carbocycles. The molecule has 2 rings (SSSR count). The summed E-state index contributed by atoms with van der Waals surface area (Å²) in [7, 11) is 0. The lowest BCUT2D eigenvalue weighted by Gasteiger charge is -2.19. The molecule has 1 N–H and O–H groups in total.